The topological polar surface area (TPSA) is 38.0 Å². The van der Waals surface area contributed by atoms with E-state index < -0.39 is 0 Å². The summed E-state index contributed by atoms with van der Waals surface area (Å²) in [7, 11) is 0. The molecule has 17 heavy (non-hydrogen) atoms. The summed E-state index contributed by atoms with van der Waals surface area (Å²) >= 11 is 0. The average Bonchev–Trinajstić information content (AvgIpc) is 2.36. The van der Waals surface area contributed by atoms with Crippen LogP contribution in [-0.4, -0.2) is 0 Å². The molecule has 0 saturated heterocycles. The van der Waals surface area contributed by atoms with Gasteiger partial charge in [-0.15, -0.1) is 0 Å². The summed E-state index contributed by atoms with van der Waals surface area (Å²) in [6.45, 7) is 3.80. The molecule has 3 N–H and O–H groups in total. The molecule has 2 nitrogen and oxygen atoms in total. The monoisotopic (exact) mass is 226 g/mol. The maximum Gasteiger partial charge on any atom is 0.0346 e. The van der Waals surface area contributed by atoms with Gasteiger partial charge < -0.3 is 11.1 Å². The van der Waals surface area contributed by atoms with Crippen LogP contribution in [0.5, 0.6) is 0 Å². The van der Waals surface area contributed by atoms with Crippen LogP contribution >= 0.6 is 0 Å². The Hall–Kier alpha value is -1.80. The standard InChI is InChI=1S/C15H18N2/c1-12-14(8-5-9-15(12)16)11-17-10-13-6-3-2-4-7-13/h2-9,17H,10-11,16H2,1H3. The van der Waals surface area contributed by atoms with Crippen LogP contribution < -0.4 is 11.1 Å². The van der Waals surface area contributed by atoms with Crippen molar-refractivity contribution >= 4 is 5.69 Å². The van der Waals surface area contributed by atoms with Crippen molar-refractivity contribution in [3.63, 3.8) is 0 Å². The molecule has 0 unspecified atom stereocenters. The van der Waals surface area contributed by atoms with E-state index in [1.54, 1.807) is 0 Å². The number of nitrogens with one attached hydrogen (secondary N) is 1. The summed E-state index contributed by atoms with van der Waals surface area (Å²) in [6, 6.07) is 16.5. The zero-order valence-electron chi connectivity index (χ0n) is 10.1. The fourth-order valence-corrected chi connectivity index (χ4v) is 1.83. The van der Waals surface area contributed by atoms with Gasteiger partial charge in [-0.1, -0.05) is 42.5 Å². The number of hydrogen-bond acceptors (Lipinski definition) is 2. The Morgan fingerprint density at radius 2 is 1.71 bits per heavy atom. The molecule has 0 aliphatic rings. The van der Waals surface area contributed by atoms with Crippen LogP contribution in [0, 0.1) is 6.92 Å². The first-order chi connectivity index (χ1) is 8.27. The molecule has 0 aliphatic heterocycles. The lowest BCUT2D eigenvalue weighted by Crippen LogP contribution is -2.13. The van der Waals surface area contributed by atoms with Gasteiger partial charge in [0, 0.05) is 18.8 Å². The smallest absolute Gasteiger partial charge is 0.0346 e. The SMILES string of the molecule is Cc1c(N)cccc1CNCc1ccccc1. The van der Waals surface area contributed by atoms with Crippen LogP contribution in [-0.2, 0) is 13.1 Å². The zero-order valence-corrected chi connectivity index (χ0v) is 10.1. The first-order valence-corrected chi connectivity index (χ1v) is 5.86. The third-order valence-corrected chi connectivity index (χ3v) is 2.98. The van der Waals surface area contributed by atoms with Gasteiger partial charge in [0.2, 0.25) is 0 Å². The molecule has 2 aromatic rings. The Morgan fingerprint density at radius 3 is 2.47 bits per heavy atom. The quantitative estimate of drug-likeness (QED) is 0.787. The highest BCUT2D eigenvalue weighted by atomic mass is 14.8. The number of anilines is 1. The predicted octanol–water partition coefficient (Wildman–Crippen LogP) is 2.87. The third-order valence-electron chi connectivity index (χ3n) is 2.98. The minimum absolute atomic E-state index is 0.853. The Kier molecular flexibility index (Phi) is 3.78. The molecule has 0 fully saturated rings. The molecule has 2 rings (SSSR count). The number of hydrogen-bond donors (Lipinski definition) is 2. The molecular formula is C15H18N2. The number of nitrogens with two attached hydrogens (primary N) is 1. The lowest BCUT2D eigenvalue weighted by molar-refractivity contribution is 0.691. The first-order valence-electron chi connectivity index (χ1n) is 5.86. The molecule has 0 aromatic heterocycles. The molecule has 0 atom stereocenters. The van der Waals surface area contributed by atoms with Gasteiger partial charge in [0.05, 0.1) is 0 Å². The second kappa shape index (κ2) is 5.51. The second-order valence-electron chi connectivity index (χ2n) is 4.22. The van der Waals surface area contributed by atoms with Crippen molar-refractivity contribution in [3.05, 3.63) is 65.2 Å². The highest BCUT2D eigenvalue weighted by Crippen LogP contribution is 2.15. The minimum atomic E-state index is 0.853. The van der Waals surface area contributed by atoms with Crippen LogP contribution in [0.15, 0.2) is 48.5 Å². The van der Waals surface area contributed by atoms with Gasteiger partial charge in [-0.25, -0.2) is 0 Å². The summed E-state index contributed by atoms with van der Waals surface area (Å²) in [5, 5.41) is 3.43. The molecule has 2 aromatic carbocycles. The minimum Gasteiger partial charge on any atom is -0.399 e. The average molecular weight is 226 g/mol. The van der Waals surface area contributed by atoms with Crippen LogP contribution in [0.1, 0.15) is 16.7 Å². The van der Waals surface area contributed by atoms with E-state index in [1.807, 2.05) is 18.2 Å². The largest absolute Gasteiger partial charge is 0.399 e. The first kappa shape index (κ1) is 11.7. The number of rotatable bonds is 4. The van der Waals surface area contributed by atoms with Crippen molar-refractivity contribution in [2.24, 2.45) is 0 Å². The van der Waals surface area contributed by atoms with Gasteiger partial charge in [-0.3, -0.25) is 0 Å². The highest BCUT2D eigenvalue weighted by Gasteiger charge is 2.00. The fourth-order valence-electron chi connectivity index (χ4n) is 1.83. The van der Waals surface area contributed by atoms with Gasteiger partial charge in [-0.05, 0) is 29.7 Å². The Balaban J connectivity index is 1.93. The van der Waals surface area contributed by atoms with Crippen molar-refractivity contribution in [2.45, 2.75) is 20.0 Å². The van der Waals surface area contributed by atoms with E-state index >= 15 is 0 Å². The molecular weight excluding hydrogens is 208 g/mol. The second-order valence-corrected chi connectivity index (χ2v) is 4.22. The van der Waals surface area contributed by atoms with Crippen molar-refractivity contribution < 1.29 is 0 Å². The van der Waals surface area contributed by atoms with E-state index in [-0.39, 0.29) is 0 Å². The van der Waals surface area contributed by atoms with Gasteiger partial charge in [0.1, 0.15) is 0 Å². The summed E-state index contributed by atoms with van der Waals surface area (Å²) < 4.78 is 0. The lowest BCUT2D eigenvalue weighted by Gasteiger charge is -2.09. The molecule has 88 valence electrons. The van der Waals surface area contributed by atoms with Gasteiger partial charge in [0.15, 0.2) is 0 Å². The van der Waals surface area contributed by atoms with Crippen molar-refractivity contribution in [1.29, 1.82) is 0 Å². The van der Waals surface area contributed by atoms with Gasteiger partial charge in [0.25, 0.3) is 0 Å². The van der Waals surface area contributed by atoms with Crippen molar-refractivity contribution in [1.82, 2.24) is 5.32 Å². The van der Waals surface area contributed by atoms with Crippen molar-refractivity contribution in [2.75, 3.05) is 5.73 Å². The number of nitrogen functional groups attached to an aromatic ring is 1. The summed E-state index contributed by atoms with van der Waals surface area (Å²) in [6.07, 6.45) is 0. The third kappa shape index (κ3) is 3.08. The Bertz CT molecular complexity index is 478. The molecule has 2 heteroatoms. The molecule has 0 heterocycles. The predicted molar refractivity (Wildman–Crippen MR) is 72.6 cm³/mol. The molecule has 0 saturated carbocycles. The summed E-state index contributed by atoms with van der Waals surface area (Å²) in [4.78, 5) is 0. The molecule has 0 radical (unpaired) electrons. The van der Waals surface area contributed by atoms with Crippen LogP contribution in [0.3, 0.4) is 0 Å². The summed E-state index contributed by atoms with van der Waals surface area (Å²) in [5.41, 5.74) is 10.5. The molecule has 0 spiro atoms. The Morgan fingerprint density at radius 1 is 0.941 bits per heavy atom. The van der Waals surface area contributed by atoms with E-state index in [0.717, 1.165) is 18.8 Å². The molecule has 0 amide bonds. The van der Waals surface area contributed by atoms with Gasteiger partial charge >= 0.3 is 0 Å². The summed E-state index contributed by atoms with van der Waals surface area (Å²) in [5.74, 6) is 0. The normalized spacial score (nSPS) is 10.4. The van der Waals surface area contributed by atoms with E-state index in [9.17, 15) is 0 Å². The van der Waals surface area contributed by atoms with Gasteiger partial charge in [-0.2, -0.15) is 0 Å². The lowest BCUT2D eigenvalue weighted by atomic mass is 10.1. The highest BCUT2D eigenvalue weighted by molar-refractivity contribution is 5.49. The number of benzene rings is 2. The van der Waals surface area contributed by atoms with Crippen LogP contribution in [0.2, 0.25) is 0 Å². The molecule has 0 aliphatic carbocycles. The van der Waals surface area contributed by atoms with Crippen LogP contribution in [0.25, 0.3) is 0 Å². The Labute approximate surface area is 102 Å². The molecule has 0 bridgehead atoms. The van der Waals surface area contributed by atoms with E-state index in [4.69, 9.17) is 5.73 Å². The van der Waals surface area contributed by atoms with Crippen LogP contribution in [0.4, 0.5) is 5.69 Å². The zero-order chi connectivity index (χ0) is 12.1. The van der Waals surface area contributed by atoms with E-state index in [1.165, 1.54) is 16.7 Å². The fraction of sp³-hybridized carbons (Fsp3) is 0.200. The maximum absolute atomic E-state index is 5.88. The van der Waals surface area contributed by atoms with E-state index in [0.29, 0.717) is 0 Å². The maximum atomic E-state index is 5.88. The van der Waals surface area contributed by atoms with E-state index in [2.05, 4.69) is 42.6 Å². The van der Waals surface area contributed by atoms with Crippen molar-refractivity contribution in [3.8, 4) is 0 Å².